The van der Waals surface area contributed by atoms with Crippen LogP contribution in [-0.4, -0.2) is 41.5 Å². The van der Waals surface area contributed by atoms with E-state index in [-0.39, 0.29) is 0 Å². The molecule has 0 radical (unpaired) electrons. The molecule has 0 bridgehead atoms. The summed E-state index contributed by atoms with van der Waals surface area (Å²) in [5, 5.41) is 3.50. The van der Waals surface area contributed by atoms with Crippen molar-refractivity contribution in [2.45, 2.75) is 12.5 Å². The molecule has 1 aliphatic heterocycles. The number of nitrogens with zero attached hydrogens (tertiary/aromatic N) is 3. The van der Waals surface area contributed by atoms with E-state index in [1.54, 1.807) is 12.4 Å². The summed E-state index contributed by atoms with van der Waals surface area (Å²) < 4.78 is 0. The lowest BCUT2D eigenvalue weighted by Crippen LogP contribution is -2.29. The van der Waals surface area contributed by atoms with E-state index in [2.05, 4.69) is 45.4 Å². The molecular weight excluding hydrogens is 224 g/mol. The van der Waals surface area contributed by atoms with Crippen LogP contribution in [0.1, 0.15) is 18.0 Å². The highest BCUT2D eigenvalue weighted by molar-refractivity contribution is 5.74. The van der Waals surface area contributed by atoms with Gasteiger partial charge < -0.3 is 5.32 Å². The third-order valence-corrected chi connectivity index (χ3v) is 3.61. The highest BCUT2D eigenvalue weighted by Crippen LogP contribution is 2.23. The summed E-state index contributed by atoms with van der Waals surface area (Å²) in [5.74, 6) is 0. The van der Waals surface area contributed by atoms with Gasteiger partial charge in [-0.15, -0.1) is 0 Å². The lowest BCUT2D eigenvalue weighted by molar-refractivity contribution is 0.262. The number of rotatable bonds is 1. The molecule has 3 rings (SSSR count). The number of fused-ring (bicyclic) bond motifs is 1. The molecule has 2 heterocycles. The Kier molecular flexibility index (Phi) is 3.21. The molecule has 4 nitrogen and oxygen atoms in total. The molecule has 1 aromatic carbocycles. The van der Waals surface area contributed by atoms with Gasteiger partial charge in [-0.1, -0.05) is 6.07 Å². The predicted octanol–water partition coefficient (Wildman–Crippen LogP) is 1.60. The quantitative estimate of drug-likeness (QED) is 0.824. The van der Waals surface area contributed by atoms with Crippen molar-refractivity contribution in [3.63, 3.8) is 0 Å². The van der Waals surface area contributed by atoms with E-state index in [1.165, 1.54) is 12.0 Å². The number of nitrogens with one attached hydrogen (secondary N) is 1. The maximum Gasteiger partial charge on any atom is 0.0890 e. The smallest absolute Gasteiger partial charge is 0.0890 e. The van der Waals surface area contributed by atoms with Gasteiger partial charge in [-0.2, -0.15) is 0 Å². The number of hydrogen-bond donors (Lipinski definition) is 1. The van der Waals surface area contributed by atoms with E-state index < -0.39 is 0 Å². The van der Waals surface area contributed by atoms with Crippen LogP contribution in [0.25, 0.3) is 11.0 Å². The summed E-state index contributed by atoms with van der Waals surface area (Å²) in [4.78, 5) is 11.1. The fourth-order valence-corrected chi connectivity index (χ4v) is 2.56. The van der Waals surface area contributed by atoms with Crippen molar-refractivity contribution in [2.24, 2.45) is 0 Å². The van der Waals surface area contributed by atoms with E-state index >= 15 is 0 Å². The normalized spacial score (nSPS) is 21.9. The van der Waals surface area contributed by atoms with Crippen LogP contribution in [0, 0.1) is 0 Å². The average Bonchev–Trinajstić information content (AvgIpc) is 2.63. The Labute approximate surface area is 107 Å². The average molecular weight is 242 g/mol. The third kappa shape index (κ3) is 2.21. The second-order valence-corrected chi connectivity index (χ2v) is 4.86. The Hall–Kier alpha value is -1.52. The first-order valence-electron chi connectivity index (χ1n) is 6.46. The maximum atomic E-state index is 4.38. The summed E-state index contributed by atoms with van der Waals surface area (Å²) in [7, 11) is 2.19. The van der Waals surface area contributed by atoms with Gasteiger partial charge in [0.1, 0.15) is 0 Å². The van der Waals surface area contributed by atoms with E-state index in [9.17, 15) is 0 Å². The molecule has 1 saturated heterocycles. The molecule has 18 heavy (non-hydrogen) atoms. The van der Waals surface area contributed by atoms with Gasteiger partial charge in [-0.3, -0.25) is 14.9 Å². The highest BCUT2D eigenvalue weighted by atomic mass is 15.2. The molecule has 1 N–H and O–H groups in total. The van der Waals surface area contributed by atoms with Crippen molar-refractivity contribution in [3.8, 4) is 0 Å². The Morgan fingerprint density at radius 2 is 2.06 bits per heavy atom. The minimum absolute atomic E-state index is 0.430. The Morgan fingerprint density at radius 1 is 1.22 bits per heavy atom. The number of hydrogen-bond acceptors (Lipinski definition) is 4. The minimum Gasteiger partial charge on any atom is -0.315 e. The molecular formula is C14H18N4. The number of benzene rings is 1. The zero-order chi connectivity index (χ0) is 12.4. The first kappa shape index (κ1) is 11.6. The van der Waals surface area contributed by atoms with Crippen molar-refractivity contribution in [3.05, 3.63) is 36.2 Å². The first-order chi connectivity index (χ1) is 8.84. The standard InChI is InChI=1S/C14H18N4/c1-18-8-2-5-15-10-14(18)11-3-4-12-13(9-11)17-7-6-16-12/h3-4,6-7,9,14-15H,2,5,8,10H2,1H3. The summed E-state index contributed by atoms with van der Waals surface area (Å²) in [6, 6.07) is 6.83. The zero-order valence-electron chi connectivity index (χ0n) is 10.6. The summed E-state index contributed by atoms with van der Waals surface area (Å²) >= 11 is 0. The van der Waals surface area contributed by atoms with Gasteiger partial charge in [0, 0.05) is 25.0 Å². The Bertz CT molecular complexity index is 540. The zero-order valence-corrected chi connectivity index (χ0v) is 10.6. The van der Waals surface area contributed by atoms with Gasteiger partial charge in [0.2, 0.25) is 0 Å². The van der Waals surface area contributed by atoms with Crippen LogP contribution in [0.2, 0.25) is 0 Å². The van der Waals surface area contributed by atoms with E-state index in [0.29, 0.717) is 6.04 Å². The van der Waals surface area contributed by atoms with Gasteiger partial charge in [0.05, 0.1) is 11.0 Å². The molecule has 1 fully saturated rings. The number of likely N-dealkylation sites (N-methyl/N-ethyl adjacent to an activating group) is 1. The molecule has 2 aromatic rings. The second-order valence-electron chi connectivity index (χ2n) is 4.86. The van der Waals surface area contributed by atoms with Crippen LogP contribution in [0.15, 0.2) is 30.6 Å². The summed E-state index contributed by atoms with van der Waals surface area (Å²) in [6.07, 6.45) is 4.70. The molecule has 4 heteroatoms. The van der Waals surface area contributed by atoms with Crippen LogP contribution in [0.5, 0.6) is 0 Å². The van der Waals surface area contributed by atoms with Crippen molar-refractivity contribution in [1.29, 1.82) is 0 Å². The molecule has 0 saturated carbocycles. The number of aromatic nitrogens is 2. The molecule has 1 aromatic heterocycles. The van der Waals surface area contributed by atoms with E-state index in [4.69, 9.17) is 0 Å². The lowest BCUT2D eigenvalue weighted by atomic mass is 10.0. The SMILES string of the molecule is CN1CCCNCC1c1ccc2nccnc2c1. The van der Waals surface area contributed by atoms with Gasteiger partial charge in [-0.25, -0.2) is 0 Å². The maximum absolute atomic E-state index is 4.38. The molecule has 1 atom stereocenters. The Balaban J connectivity index is 1.97. The van der Waals surface area contributed by atoms with Crippen LogP contribution in [0.3, 0.4) is 0 Å². The fraction of sp³-hybridized carbons (Fsp3) is 0.429. The first-order valence-corrected chi connectivity index (χ1v) is 6.46. The largest absolute Gasteiger partial charge is 0.315 e. The fourth-order valence-electron chi connectivity index (χ4n) is 2.56. The molecule has 1 unspecified atom stereocenters. The Morgan fingerprint density at radius 3 is 2.94 bits per heavy atom. The second kappa shape index (κ2) is 5.00. The monoisotopic (exact) mass is 242 g/mol. The minimum atomic E-state index is 0.430. The van der Waals surface area contributed by atoms with Crippen molar-refractivity contribution >= 4 is 11.0 Å². The van der Waals surface area contributed by atoms with Crippen molar-refractivity contribution in [2.75, 3.05) is 26.7 Å². The van der Waals surface area contributed by atoms with Crippen LogP contribution in [-0.2, 0) is 0 Å². The molecule has 0 spiro atoms. The predicted molar refractivity (Wildman–Crippen MR) is 72.4 cm³/mol. The highest BCUT2D eigenvalue weighted by Gasteiger charge is 2.19. The van der Waals surface area contributed by atoms with E-state index in [1.807, 2.05) is 0 Å². The lowest BCUT2D eigenvalue weighted by Gasteiger charge is -2.25. The van der Waals surface area contributed by atoms with Crippen LogP contribution >= 0.6 is 0 Å². The van der Waals surface area contributed by atoms with Gasteiger partial charge >= 0.3 is 0 Å². The molecule has 0 amide bonds. The molecule has 94 valence electrons. The molecule has 1 aliphatic rings. The third-order valence-electron chi connectivity index (χ3n) is 3.61. The van der Waals surface area contributed by atoms with Crippen LogP contribution < -0.4 is 5.32 Å². The van der Waals surface area contributed by atoms with Gasteiger partial charge in [0.25, 0.3) is 0 Å². The summed E-state index contributed by atoms with van der Waals surface area (Å²) in [5.41, 5.74) is 3.26. The van der Waals surface area contributed by atoms with Gasteiger partial charge in [-0.05, 0) is 44.3 Å². The van der Waals surface area contributed by atoms with Crippen molar-refractivity contribution < 1.29 is 0 Å². The molecule has 0 aliphatic carbocycles. The van der Waals surface area contributed by atoms with Crippen molar-refractivity contribution in [1.82, 2.24) is 20.2 Å². The van der Waals surface area contributed by atoms with E-state index in [0.717, 1.165) is 30.7 Å². The van der Waals surface area contributed by atoms with Gasteiger partial charge in [0.15, 0.2) is 0 Å². The van der Waals surface area contributed by atoms with Crippen LogP contribution in [0.4, 0.5) is 0 Å². The summed E-state index contributed by atoms with van der Waals surface area (Å²) in [6.45, 7) is 3.24. The topological polar surface area (TPSA) is 41.0 Å².